The lowest BCUT2D eigenvalue weighted by molar-refractivity contribution is 0.249. The molecular weight excluding hydrogens is 236 g/mol. The molecule has 0 aromatic heterocycles. The lowest BCUT2D eigenvalue weighted by Gasteiger charge is -2.17. The van der Waals surface area contributed by atoms with E-state index in [-0.39, 0.29) is 6.61 Å². The second-order valence-corrected chi connectivity index (χ2v) is 5.16. The molecule has 1 unspecified atom stereocenters. The zero-order valence-corrected chi connectivity index (χ0v) is 10.7. The van der Waals surface area contributed by atoms with E-state index in [0.29, 0.717) is 5.92 Å². The maximum atomic E-state index is 8.93. The van der Waals surface area contributed by atoms with Crippen LogP contribution < -0.4 is 5.73 Å². The molecule has 2 rings (SSSR count). The molecule has 1 aliphatic heterocycles. The van der Waals surface area contributed by atoms with Crippen molar-refractivity contribution in [1.82, 2.24) is 4.90 Å². The van der Waals surface area contributed by atoms with Gasteiger partial charge in [0, 0.05) is 30.4 Å². The fourth-order valence-corrected chi connectivity index (χ4v) is 2.61. The smallest absolute Gasteiger partial charge is 0.0452 e. The first kappa shape index (κ1) is 12.7. The molecule has 3 N–H and O–H groups in total. The Morgan fingerprint density at radius 2 is 2.29 bits per heavy atom. The van der Waals surface area contributed by atoms with E-state index in [1.54, 1.807) is 0 Å². The van der Waals surface area contributed by atoms with E-state index in [0.717, 1.165) is 42.3 Å². The highest BCUT2D eigenvalue weighted by molar-refractivity contribution is 6.31. The molecule has 0 aliphatic carbocycles. The molecule has 1 aliphatic rings. The molecule has 1 aromatic carbocycles. The van der Waals surface area contributed by atoms with E-state index in [9.17, 15) is 0 Å². The lowest BCUT2D eigenvalue weighted by Crippen LogP contribution is -2.20. The Bertz CT molecular complexity index is 384. The van der Waals surface area contributed by atoms with Gasteiger partial charge in [0.25, 0.3) is 0 Å². The molecule has 1 aromatic rings. The molecule has 94 valence electrons. The summed E-state index contributed by atoms with van der Waals surface area (Å²) in [5.41, 5.74) is 7.62. The average Bonchev–Trinajstić information content (AvgIpc) is 2.72. The molecule has 4 heteroatoms. The monoisotopic (exact) mass is 254 g/mol. The minimum atomic E-state index is 0.289. The topological polar surface area (TPSA) is 49.5 Å². The van der Waals surface area contributed by atoms with Crippen molar-refractivity contribution < 1.29 is 5.11 Å². The fraction of sp³-hybridized carbons (Fsp3) is 0.538. The number of nitrogens with zero attached hydrogens (tertiary/aromatic N) is 1. The third-order valence-corrected chi connectivity index (χ3v) is 3.74. The van der Waals surface area contributed by atoms with Crippen LogP contribution in [-0.2, 0) is 6.54 Å². The van der Waals surface area contributed by atoms with Gasteiger partial charge in [-0.2, -0.15) is 0 Å². The summed E-state index contributed by atoms with van der Waals surface area (Å²) in [4.78, 5) is 2.38. The van der Waals surface area contributed by atoms with E-state index < -0.39 is 0 Å². The van der Waals surface area contributed by atoms with Crippen LogP contribution in [0, 0.1) is 5.92 Å². The Morgan fingerprint density at radius 3 is 3.06 bits per heavy atom. The molecular formula is C13H19ClN2O. The normalized spacial score (nSPS) is 20.9. The predicted molar refractivity (Wildman–Crippen MR) is 71.0 cm³/mol. The Balaban J connectivity index is 1.95. The standard InChI is InChI=1S/C13H19ClN2O/c14-13-2-1-12(15)7-11(13)9-16-5-3-10(8-16)4-6-17/h1-2,7,10,17H,3-6,8-9,15H2. The van der Waals surface area contributed by atoms with E-state index in [4.69, 9.17) is 22.4 Å². The second kappa shape index (κ2) is 5.71. The molecule has 17 heavy (non-hydrogen) atoms. The first-order valence-corrected chi connectivity index (χ1v) is 6.44. The zero-order valence-electron chi connectivity index (χ0n) is 9.90. The summed E-state index contributed by atoms with van der Waals surface area (Å²) in [6.45, 7) is 3.27. The van der Waals surface area contributed by atoms with Gasteiger partial charge in [0.2, 0.25) is 0 Å². The fourth-order valence-electron chi connectivity index (χ4n) is 2.43. The summed E-state index contributed by atoms with van der Waals surface area (Å²) in [5, 5.41) is 9.71. The summed E-state index contributed by atoms with van der Waals surface area (Å²) in [6, 6.07) is 5.62. The second-order valence-electron chi connectivity index (χ2n) is 4.75. The van der Waals surface area contributed by atoms with Crippen molar-refractivity contribution in [2.75, 3.05) is 25.4 Å². The highest BCUT2D eigenvalue weighted by Crippen LogP contribution is 2.25. The predicted octanol–water partition coefficient (Wildman–Crippen LogP) is 2.13. The Morgan fingerprint density at radius 1 is 1.47 bits per heavy atom. The van der Waals surface area contributed by atoms with E-state index in [1.807, 2.05) is 18.2 Å². The Hall–Kier alpha value is -0.770. The Kier molecular flexibility index (Phi) is 4.26. The maximum Gasteiger partial charge on any atom is 0.0452 e. The summed E-state index contributed by atoms with van der Waals surface area (Å²) < 4.78 is 0. The van der Waals surface area contributed by atoms with Crippen molar-refractivity contribution in [2.45, 2.75) is 19.4 Å². The van der Waals surface area contributed by atoms with Gasteiger partial charge in [-0.15, -0.1) is 0 Å². The summed E-state index contributed by atoms with van der Waals surface area (Å²) >= 11 is 6.15. The number of hydrogen-bond donors (Lipinski definition) is 2. The number of nitrogens with two attached hydrogens (primary N) is 1. The summed E-state index contributed by atoms with van der Waals surface area (Å²) in [5.74, 6) is 0.625. The van der Waals surface area contributed by atoms with Crippen LogP contribution in [0.15, 0.2) is 18.2 Å². The molecule has 0 spiro atoms. The molecule has 0 amide bonds. The molecule has 0 bridgehead atoms. The van der Waals surface area contributed by atoms with E-state index >= 15 is 0 Å². The van der Waals surface area contributed by atoms with Crippen LogP contribution in [0.5, 0.6) is 0 Å². The average molecular weight is 255 g/mol. The number of anilines is 1. The third kappa shape index (κ3) is 3.35. The Labute approximate surface area is 107 Å². The van der Waals surface area contributed by atoms with Crippen molar-refractivity contribution in [2.24, 2.45) is 5.92 Å². The molecule has 3 nitrogen and oxygen atoms in total. The van der Waals surface area contributed by atoms with Gasteiger partial charge in [-0.25, -0.2) is 0 Å². The number of aliphatic hydroxyl groups excluding tert-OH is 1. The van der Waals surface area contributed by atoms with Crippen LogP contribution in [0.3, 0.4) is 0 Å². The number of halogens is 1. The van der Waals surface area contributed by atoms with Gasteiger partial charge in [0.1, 0.15) is 0 Å². The zero-order chi connectivity index (χ0) is 12.3. The van der Waals surface area contributed by atoms with Crippen LogP contribution in [0.1, 0.15) is 18.4 Å². The highest BCUT2D eigenvalue weighted by atomic mass is 35.5. The van der Waals surface area contributed by atoms with Crippen LogP contribution in [0.2, 0.25) is 5.02 Å². The van der Waals surface area contributed by atoms with Crippen molar-refractivity contribution in [3.8, 4) is 0 Å². The van der Waals surface area contributed by atoms with Crippen molar-refractivity contribution in [1.29, 1.82) is 0 Å². The van der Waals surface area contributed by atoms with Gasteiger partial charge in [-0.05, 0) is 49.1 Å². The molecule has 0 radical (unpaired) electrons. The van der Waals surface area contributed by atoms with Gasteiger partial charge in [-0.3, -0.25) is 4.90 Å². The SMILES string of the molecule is Nc1ccc(Cl)c(CN2CCC(CCO)C2)c1. The number of benzene rings is 1. The van der Waals surface area contributed by atoms with E-state index in [1.165, 1.54) is 6.42 Å². The molecule has 1 atom stereocenters. The maximum absolute atomic E-state index is 8.93. The minimum absolute atomic E-state index is 0.289. The van der Waals surface area contributed by atoms with Gasteiger partial charge in [0.15, 0.2) is 0 Å². The summed E-state index contributed by atoms with van der Waals surface area (Å²) in [6.07, 6.45) is 2.07. The van der Waals surface area contributed by atoms with Gasteiger partial charge < -0.3 is 10.8 Å². The van der Waals surface area contributed by atoms with Crippen molar-refractivity contribution >= 4 is 17.3 Å². The largest absolute Gasteiger partial charge is 0.399 e. The van der Waals surface area contributed by atoms with E-state index in [2.05, 4.69) is 4.90 Å². The van der Waals surface area contributed by atoms with Gasteiger partial charge in [-0.1, -0.05) is 11.6 Å². The quantitative estimate of drug-likeness (QED) is 0.810. The minimum Gasteiger partial charge on any atom is -0.399 e. The number of hydrogen-bond acceptors (Lipinski definition) is 3. The van der Waals surface area contributed by atoms with Crippen LogP contribution in [-0.4, -0.2) is 29.7 Å². The van der Waals surface area contributed by atoms with Gasteiger partial charge >= 0.3 is 0 Å². The van der Waals surface area contributed by atoms with Crippen molar-refractivity contribution in [3.63, 3.8) is 0 Å². The molecule has 0 saturated carbocycles. The summed E-state index contributed by atoms with van der Waals surface area (Å²) in [7, 11) is 0. The molecule has 1 heterocycles. The third-order valence-electron chi connectivity index (χ3n) is 3.37. The van der Waals surface area contributed by atoms with Crippen LogP contribution >= 0.6 is 11.6 Å². The molecule has 1 fully saturated rings. The van der Waals surface area contributed by atoms with Gasteiger partial charge in [0.05, 0.1) is 0 Å². The van der Waals surface area contributed by atoms with Crippen LogP contribution in [0.25, 0.3) is 0 Å². The number of likely N-dealkylation sites (tertiary alicyclic amines) is 1. The van der Waals surface area contributed by atoms with Crippen molar-refractivity contribution in [3.05, 3.63) is 28.8 Å². The first-order valence-electron chi connectivity index (χ1n) is 6.06. The highest BCUT2D eigenvalue weighted by Gasteiger charge is 2.22. The molecule has 1 saturated heterocycles. The van der Waals surface area contributed by atoms with Crippen LogP contribution in [0.4, 0.5) is 5.69 Å². The number of aliphatic hydroxyl groups is 1. The number of rotatable bonds is 4. The number of nitrogen functional groups attached to an aromatic ring is 1. The lowest BCUT2D eigenvalue weighted by atomic mass is 10.1. The first-order chi connectivity index (χ1) is 8.19.